The second-order valence-electron chi connectivity index (χ2n) is 6.43. The molecule has 1 aromatic carbocycles. The van der Waals surface area contributed by atoms with Crippen molar-refractivity contribution in [3.8, 4) is 0 Å². The summed E-state index contributed by atoms with van der Waals surface area (Å²) in [5.74, 6) is -1.42. The quantitative estimate of drug-likeness (QED) is 0.710. The van der Waals surface area contributed by atoms with Gasteiger partial charge in [0.25, 0.3) is 0 Å². The van der Waals surface area contributed by atoms with Crippen LogP contribution in [0, 0.1) is 5.82 Å². The molecule has 1 fully saturated rings. The topological polar surface area (TPSA) is 104 Å². The van der Waals surface area contributed by atoms with Crippen molar-refractivity contribution in [1.82, 2.24) is 14.3 Å². The highest BCUT2D eigenvalue weighted by Gasteiger charge is 2.36. The number of alkyl halides is 3. The van der Waals surface area contributed by atoms with Crippen LogP contribution in [0.15, 0.2) is 24.4 Å². The summed E-state index contributed by atoms with van der Waals surface area (Å²) in [6, 6.07) is 3.58. The van der Waals surface area contributed by atoms with Crippen molar-refractivity contribution < 1.29 is 26.0 Å². The van der Waals surface area contributed by atoms with Crippen LogP contribution < -0.4 is 16.0 Å². The predicted molar refractivity (Wildman–Crippen MR) is 99.8 cm³/mol. The highest BCUT2D eigenvalue weighted by Crippen LogP contribution is 2.39. The van der Waals surface area contributed by atoms with E-state index in [1.54, 1.807) is 0 Å². The smallest absolute Gasteiger partial charge is 0.381 e. The molecule has 29 heavy (non-hydrogen) atoms. The number of benzene rings is 1. The maximum atomic E-state index is 13.6. The Morgan fingerprint density at radius 1 is 1.17 bits per heavy atom. The van der Waals surface area contributed by atoms with Gasteiger partial charge in [0.05, 0.1) is 18.0 Å². The van der Waals surface area contributed by atoms with Crippen LogP contribution in [-0.4, -0.2) is 55.1 Å². The van der Waals surface area contributed by atoms with Gasteiger partial charge in [0.15, 0.2) is 11.6 Å². The van der Waals surface area contributed by atoms with Crippen LogP contribution in [0.2, 0.25) is 0 Å². The SMILES string of the molecule is CS(=O)(=O)N1CCN(c2ccc(Nc3ncc(F)c(N)n3)cc2C(F)(F)F)CC1. The Kier molecular flexibility index (Phi) is 5.54. The lowest BCUT2D eigenvalue weighted by Gasteiger charge is -2.36. The Morgan fingerprint density at radius 2 is 1.83 bits per heavy atom. The molecule has 2 aromatic rings. The highest BCUT2D eigenvalue weighted by atomic mass is 32.2. The Morgan fingerprint density at radius 3 is 2.38 bits per heavy atom. The summed E-state index contributed by atoms with van der Waals surface area (Å²) in [4.78, 5) is 8.76. The van der Waals surface area contributed by atoms with Gasteiger partial charge < -0.3 is 16.0 Å². The number of hydrogen-bond acceptors (Lipinski definition) is 7. The molecule has 1 saturated heterocycles. The monoisotopic (exact) mass is 434 g/mol. The van der Waals surface area contributed by atoms with Crippen molar-refractivity contribution in [2.75, 3.05) is 48.4 Å². The zero-order valence-electron chi connectivity index (χ0n) is 15.2. The number of hydrogen-bond donors (Lipinski definition) is 2. The zero-order valence-corrected chi connectivity index (χ0v) is 16.1. The molecule has 1 aliphatic heterocycles. The fourth-order valence-electron chi connectivity index (χ4n) is 2.95. The van der Waals surface area contributed by atoms with Crippen LogP contribution in [0.4, 0.5) is 40.7 Å². The van der Waals surface area contributed by atoms with Gasteiger partial charge in [0.1, 0.15) is 0 Å². The van der Waals surface area contributed by atoms with Crippen molar-refractivity contribution >= 4 is 33.2 Å². The molecule has 0 spiro atoms. The molecular formula is C16H18F4N6O2S. The number of piperazine rings is 1. The molecule has 1 aliphatic rings. The first-order valence-corrected chi connectivity index (χ1v) is 10.3. The van der Waals surface area contributed by atoms with Crippen LogP contribution in [0.1, 0.15) is 5.56 Å². The maximum Gasteiger partial charge on any atom is 0.418 e. The fraction of sp³-hybridized carbons (Fsp3) is 0.375. The first-order valence-electron chi connectivity index (χ1n) is 8.41. The van der Waals surface area contributed by atoms with Gasteiger partial charge in [-0.2, -0.15) is 22.5 Å². The fourth-order valence-corrected chi connectivity index (χ4v) is 3.77. The van der Waals surface area contributed by atoms with Crippen LogP contribution >= 0.6 is 0 Å². The highest BCUT2D eigenvalue weighted by molar-refractivity contribution is 7.88. The van der Waals surface area contributed by atoms with E-state index in [1.165, 1.54) is 21.3 Å². The number of anilines is 4. The normalized spacial score (nSPS) is 16.1. The maximum absolute atomic E-state index is 13.6. The van der Waals surface area contributed by atoms with E-state index in [4.69, 9.17) is 5.73 Å². The lowest BCUT2D eigenvalue weighted by atomic mass is 10.1. The second-order valence-corrected chi connectivity index (χ2v) is 8.41. The zero-order chi connectivity index (χ0) is 21.4. The molecule has 0 amide bonds. The second kappa shape index (κ2) is 7.63. The molecule has 0 unspecified atom stereocenters. The third-order valence-corrected chi connectivity index (χ3v) is 5.68. The van der Waals surface area contributed by atoms with Crippen molar-refractivity contribution in [2.45, 2.75) is 6.18 Å². The predicted octanol–water partition coefficient (Wildman–Crippen LogP) is 2.04. The Balaban J connectivity index is 1.86. The minimum atomic E-state index is -4.65. The van der Waals surface area contributed by atoms with Gasteiger partial charge in [-0.3, -0.25) is 0 Å². The van der Waals surface area contributed by atoms with Crippen molar-refractivity contribution in [3.63, 3.8) is 0 Å². The molecule has 1 aromatic heterocycles. The standard InChI is InChI=1S/C16H18F4N6O2S/c1-29(27,28)26-6-4-25(5-7-26)13-3-2-10(8-11(13)16(18,19)20)23-15-22-9-12(17)14(21)24-15/h2-3,8-9H,4-7H2,1H3,(H3,21,22,23,24). The van der Waals surface area contributed by atoms with E-state index in [2.05, 4.69) is 15.3 Å². The molecule has 2 heterocycles. The summed E-state index contributed by atoms with van der Waals surface area (Å²) in [6.07, 6.45) is -2.77. The van der Waals surface area contributed by atoms with Crippen LogP contribution in [0.5, 0.6) is 0 Å². The van der Waals surface area contributed by atoms with Gasteiger partial charge in [0, 0.05) is 37.6 Å². The van der Waals surface area contributed by atoms with E-state index in [0.717, 1.165) is 18.5 Å². The number of nitrogens with zero attached hydrogens (tertiary/aromatic N) is 4. The minimum absolute atomic E-state index is 0.0434. The molecule has 0 radical (unpaired) electrons. The lowest BCUT2D eigenvalue weighted by molar-refractivity contribution is -0.137. The lowest BCUT2D eigenvalue weighted by Crippen LogP contribution is -2.48. The molecule has 0 aliphatic carbocycles. The molecule has 0 saturated carbocycles. The van der Waals surface area contributed by atoms with Gasteiger partial charge in [-0.05, 0) is 18.2 Å². The summed E-state index contributed by atoms with van der Waals surface area (Å²) >= 11 is 0. The third-order valence-electron chi connectivity index (χ3n) is 4.38. The van der Waals surface area contributed by atoms with E-state index in [9.17, 15) is 26.0 Å². The Labute approximate surface area is 164 Å². The number of aromatic nitrogens is 2. The van der Waals surface area contributed by atoms with Gasteiger partial charge in [-0.1, -0.05) is 0 Å². The first-order chi connectivity index (χ1) is 13.4. The van der Waals surface area contributed by atoms with Gasteiger partial charge in [0.2, 0.25) is 16.0 Å². The Hall–Kier alpha value is -2.67. The van der Waals surface area contributed by atoms with E-state index < -0.39 is 33.4 Å². The molecule has 3 N–H and O–H groups in total. The number of sulfonamides is 1. The molecule has 13 heteroatoms. The van der Waals surface area contributed by atoms with E-state index in [-0.39, 0.29) is 43.5 Å². The molecular weight excluding hydrogens is 416 g/mol. The average Bonchev–Trinajstić information content (AvgIpc) is 2.63. The molecule has 0 atom stereocenters. The van der Waals surface area contributed by atoms with E-state index in [1.807, 2.05) is 0 Å². The number of nitrogens with one attached hydrogen (secondary N) is 1. The van der Waals surface area contributed by atoms with Gasteiger partial charge >= 0.3 is 6.18 Å². The van der Waals surface area contributed by atoms with Crippen molar-refractivity contribution in [3.05, 3.63) is 35.8 Å². The molecule has 8 nitrogen and oxygen atoms in total. The van der Waals surface area contributed by atoms with Crippen molar-refractivity contribution in [1.29, 1.82) is 0 Å². The van der Waals surface area contributed by atoms with E-state index >= 15 is 0 Å². The van der Waals surface area contributed by atoms with Crippen molar-refractivity contribution in [2.24, 2.45) is 0 Å². The summed E-state index contributed by atoms with van der Waals surface area (Å²) < 4.78 is 78.5. The minimum Gasteiger partial charge on any atom is -0.381 e. The van der Waals surface area contributed by atoms with Crippen LogP contribution in [-0.2, 0) is 16.2 Å². The third kappa shape index (κ3) is 4.85. The van der Waals surface area contributed by atoms with Crippen LogP contribution in [0.25, 0.3) is 0 Å². The Bertz CT molecular complexity index is 1010. The average molecular weight is 434 g/mol. The summed E-state index contributed by atoms with van der Waals surface area (Å²) in [6.45, 7) is 0.443. The first kappa shape index (κ1) is 21.0. The number of nitrogens with two attached hydrogens (primary N) is 1. The van der Waals surface area contributed by atoms with Crippen LogP contribution in [0.3, 0.4) is 0 Å². The summed E-state index contributed by atoms with van der Waals surface area (Å²) in [5.41, 5.74) is 4.42. The van der Waals surface area contributed by atoms with Gasteiger partial charge in [-0.15, -0.1) is 0 Å². The van der Waals surface area contributed by atoms with Gasteiger partial charge in [-0.25, -0.2) is 17.8 Å². The van der Waals surface area contributed by atoms with E-state index in [0.29, 0.717) is 0 Å². The molecule has 0 bridgehead atoms. The number of rotatable bonds is 4. The molecule has 3 rings (SSSR count). The number of nitrogen functional groups attached to an aromatic ring is 1. The number of halogens is 4. The largest absolute Gasteiger partial charge is 0.418 e. The summed E-state index contributed by atoms with van der Waals surface area (Å²) in [7, 11) is -3.39. The molecule has 158 valence electrons. The summed E-state index contributed by atoms with van der Waals surface area (Å²) in [5, 5.41) is 2.57.